The van der Waals surface area contributed by atoms with E-state index in [-0.39, 0.29) is 0 Å². The van der Waals surface area contributed by atoms with Crippen LogP contribution in [0.15, 0.2) is 200 Å². The molecule has 0 fully saturated rings. The molecule has 0 aliphatic heterocycles. The minimum absolute atomic E-state index is 0.297. The van der Waals surface area contributed by atoms with Crippen molar-refractivity contribution in [3.63, 3.8) is 0 Å². The largest absolute Gasteiger partial charge is 0.309 e. The minimum atomic E-state index is 0.297. The summed E-state index contributed by atoms with van der Waals surface area (Å²) >= 11 is 1.82. The van der Waals surface area contributed by atoms with Crippen molar-refractivity contribution in [2.75, 3.05) is 0 Å². The molecule has 13 aromatic rings. The van der Waals surface area contributed by atoms with E-state index in [0.29, 0.717) is 5.92 Å². The molecule has 4 aromatic heterocycles. The monoisotopic (exact) mass is 819 g/mol. The van der Waals surface area contributed by atoms with Gasteiger partial charge in [-0.3, -0.25) is 4.57 Å². The molecule has 0 saturated carbocycles. The van der Waals surface area contributed by atoms with Gasteiger partial charge in [0.05, 0.1) is 26.8 Å². The third-order valence-electron chi connectivity index (χ3n) is 13.7. The molecule has 0 saturated heterocycles. The van der Waals surface area contributed by atoms with Gasteiger partial charge >= 0.3 is 0 Å². The molecule has 1 aliphatic rings. The zero-order chi connectivity index (χ0) is 41.2. The highest BCUT2D eigenvalue weighted by atomic mass is 32.1. The number of hydrogen-bond donors (Lipinski definition) is 0. The summed E-state index contributed by atoms with van der Waals surface area (Å²) in [5.41, 5.74) is 12.5. The highest BCUT2D eigenvalue weighted by Gasteiger charge is 2.22. The summed E-state index contributed by atoms with van der Waals surface area (Å²) in [4.78, 5) is 5.16. The third kappa shape index (κ3) is 5.16. The van der Waals surface area contributed by atoms with Gasteiger partial charge in [-0.25, -0.2) is 4.98 Å². The second-order valence-electron chi connectivity index (χ2n) is 17.1. The molecule has 1 unspecified atom stereocenters. The summed E-state index contributed by atoms with van der Waals surface area (Å²) < 4.78 is 7.21. The number of nitrogens with zero attached hydrogens (tertiary/aromatic N) is 3. The molecule has 0 amide bonds. The van der Waals surface area contributed by atoms with E-state index >= 15 is 0 Å². The summed E-state index contributed by atoms with van der Waals surface area (Å²) in [5, 5.41) is 12.8. The molecule has 0 N–H and O–H groups in total. The first-order chi connectivity index (χ1) is 31.2. The molecule has 294 valence electrons. The number of benzene rings is 9. The Morgan fingerprint density at radius 3 is 1.79 bits per heavy atom. The molecule has 14 rings (SSSR count). The number of aromatic nitrogens is 3. The van der Waals surface area contributed by atoms with Gasteiger partial charge in [0.2, 0.25) is 0 Å². The van der Waals surface area contributed by atoms with Crippen LogP contribution in [0.3, 0.4) is 0 Å². The van der Waals surface area contributed by atoms with Crippen LogP contribution in [-0.4, -0.2) is 14.1 Å². The Morgan fingerprint density at radius 1 is 0.429 bits per heavy atom. The van der Waals surface area contributed by atoms with E-state index in [1.54, 1.807) is 0 Å². The fourth-order valence-corrected chi connectivity index (χ4v) is 11.9. The van der Waals surface area contributed by atoms with E-state index in [9.17, 15) is 0 Å². The number of para-hydroxylation sites is 3. The highest BCUT2D eigenvalue weighted by Crippen LogP contribution is 2.43. The summed E-state index contributed by atoms with van der Waals surface area (Å²) in [6.07, 6.45) is 7.85. The number of fused-ring (bicyclic) bond motifs is 15. The van der Waals surface area contributed by atoms with Crippen LogP contribution in [0.25, 0.3) is 114 Å². The van der Waals surface area contributed by atoms with Crippen LogP contribution in [0.1, 0.15) is 22.6 Å². The lowest BCUT2D eigenvalue weighted by Crippen LogP contribution is -2.07. The Bertz CT molecular complexity index is 4030. The van der Waals surface area contributed by atoms with Crippen molar-refractivity contribution < 1.29 is 0 Å². The summed E-state index contributed by atoms with van der Waals surface area (Å²) in [7, 11) is 0. The maximum Gasteiger partial charge on any atom is 0.138 e. The van der Waals surface area contributed by atoms with Crippen molar-refractivity contribution >= 4 is 103 Å². The van der Waals surface area contributed by atoms with Crippen molar-refractivity contribution in [3.8, 4) is 22.6 Å². The van der Waals surface area contributed by atoms with Gasteiger partial charge in [0.25, 0.3) is 0 Å². The predicted molar refractivity (Wildman–Crippen MR) is 268 cm³/mol. The Morgan fingerprint density at radius 2 is 1.03 bits per heavy atom. The molecule has 1 aliphatic carbocycles. The Balaban J connectivity index is 0.864. The second-order valence-corrected chi connectivity index (χ2v) is 18.1. The second kappa shape index (κ2) is 13.4. The normalized spacial score (nSPS) is 14.1. The van der Waals surface area contributed by atoms with E-state index in [4.69, 9.17) is 4.98 Å². The fraction of sp³-hybridized carbons (Fsp3) is 0.0339. The van der Waals surface area contributed by atoms with E-state index in [1.807, 2.05) is 11.3 Å². The molecule has 3 nitrogen and oxygen atoms in total. The number of pyridine rings is 1. The van der Waals surface area contributed by atoms with Gasteiger partial charge in [0.15, 0.2) is 0 Å². The Kier molecular flexibility index (Phi) is 7.39. The van der Waals surface area contributed by atoms with Crippen LogP contribution in [0, 0.1) is 0 Å². The molecule has 63 heavy (non-hydrogen) atoms. The maximum atomic E-state index is 5.16. The number of allylic oxidation sites excluding steroid dienone is 1. The average molecular weight is 820 g/mol. The molecular weight excluding hydrogens is 783 g/mol. The number of hydrogen-bond acceptors (Lipinski definition) is 2. The van der Waals surface area contributed by atoms with Crippen LogP contribution >= 0.6 is 11.3 Å². The highest BCUT2D eigenvalue weighted by molar-refractivity contribution is 7.25. The van der Waals surface area contributed by atoms with Gasteiger partial charge in [0, 0.05) is 54.8 Å². The fourth-order valence-electron chi connectivity index (χ4n) is 10.9. The molecule has 0 bridgehead atoms. The van der Waals surface area contributed by atoms with E-state index < -0.39 is 0 Å². The molecular formula is C59H37N3S. The Labute approximate surface area is 367 Å². The lowest BCUT2D eigenvalue weighted by Gasteiger charge is -2.24. The topological polar surface area (TPSA) is 22.8 Å². The van der Waals surface area contributed by atoms with Crippen molar-refractivity contribution in [2.24, 2.45) is 0 Å². The molecule has 0 radical (unpaired) electrons. The SMILES string of the molecule is C1=CC(c2cccc(-c3ccc4sc5cnc(-n6c7ccccc7c7cc(-n8c9ccccc9c9ccccc98)ccc76)cc5c4c3)c2)Cc2c1c1ccccc1c1ccccc21. The van der Waals surface area contributed by atoms with E-state index in [0.717, 1.165) is 29.0 Å². The predicted octanol–water partition coefficient (Wildman–Crippen LogP) is 16.0. The zero-order valence-electron chi connectivity index (χ0n) is 34.2. The van der Waals surface area contributed by atoms with Gasteiger partial charge in [0.1, 0.15) is 5.82 Å². The zero-order valence-corrected chi connectivity index (χ0v) is 35.0. The van der Waals surface area contributed by atoms with Crippen molar-refractivity contribution in [1.82, 2.24) is 14.1 Å². The summed E-state index contributed by atoms with van der Waals surface area (Å²) in [6.45, 7) is 0. The summed E-state index contributed by atoms with van der Waals surface area (Å²) in [6, 6.07) is 69.4. The molecule has 4 heteroatoms. The van der Waals surface area contributed by atoms with Crippen molar-refractivity contribution in [1.29, 1.82) is 0 Å². The molecule has 0 spiro atoms. The smallest absolute Gasteiger partial charge is 0.138 e. The third-order valence-corrected chi connectivity index (χ3v) is 14.8. The number of thiophene rings is 1. The standard InChI is InChI=1S/C59H37N3S/c1-2-16-43-41(14-1)42-15-3-4-17-44(42)49-31-38(24-27-45(43)49)36-12-11-13-37(30-36)39-25-29-57-51(32-39)52-34-59(60-35-58(52)63-57)62-55-23-10-7-20-48(55)50-33-40(26-28-56(50)62)61-53-21-8-5-18-46(53)47-19-6-9-22-54(47)61/h1-30,32-35,38H,31H2. The van der Waals surface area contributed by atoms with Gasteiger partial charge < -0.3 is 4.57 Å². The maximum absolute atomic E-state index is 5.16. The van der Waals surface area contributed by atoms with Crippen LogP contribution in [-0.2, 0) is 6.42 Å². The van der Waals surface area contributed by atoms with Gasteiger partial charge in [-0.1, -0.05) is 146 Å². The van der Waals surface area contributed by atoms with Crippen LogP contribution < -0.4 is 0 Å². The van der Waals surface area contributed by atoms with Crippen LogP contribution in [0.2, 0.25) is 0 Å². The van der Waals surface area contributed by atoms with Crippen LogP contribution in [0.4, 0.5) is 0 Å². The lowest BCUT2D eigenvalue weighted by atomic mass is 9.80. The van der Waals surface area contributed by atoms with Gasteiger partial charge in [-0.15, -0.1) is 11.3 Å². The van der Waals surface area contributed by atoms with Crippen LogP contribution in [0.5, 0.6) is 0 Å². The average Bonchev–Trinajstić information content (AvgIpc) is 4.01. The first-order valence-corrected chi connectivity index (χ1v) is 22.6. The molecule has 1 atom stereocenters. The molecule has 9 aromatic carbocycles. The van der Waals surface area contributed by atoms with Gasteiger partial charge in [-0.05, 0) is 110 Å². The molecule has 4 heterocycles. The van der Waals surface area contributed by atoms with E-state index in [1.165, 1.54) is 102 Å². The lowest BCUT2D eigenvalue weighted by molar-refractivity contribution is 0.835. The first kappa shape index (κ1) is 34.9. The van der Waals surface area contributed by atoms with Crippen molar-refractivity contribution in [3.05, 3.63) is 217 Å². The minimum Gasteiger partial charge on any atom is -0.309 e. The quantitative estimate of drug-likeness (QED) is 0.162. The Hall–Kier alpha value is -7.79. The van der Waals surface area contributed by atoms with Crippen molar-refractivity contribution in [2.45, 2.75) is 12.3 Å². The summed E-state index contributed by atoms with van der Waals surface area (Å²) in [5.74, 6) is 1.22. The first-order valence-electron chi connectivity index (χ1n) is 21.8. The van der Waals surface area contributed by atoms with Gasteiger partial charge in [-0.2, -0.15) is 0 Å². The van der Waals surface area contributed by atoms with E-state index in [2.05, 4.69) is 216 Å². The number of rotatable bonds is 4.